The van der Waals surface area contributed by atoms with Crippen molar-refractivity contribution in [2.45, 2.75) is 44.3 Å². The van der Waals surface area contributed by atoms with E-state index in [1.807, 2.05) is 4.90 Å². The minimum atomic E-state index is -1.32. The quantitative estimate of drug-likeness (QED) is 0.388. The number of rotatable bonds is 7. The van der Waals surface area contributed by atoms with E-state index in [9.17, 15) is 9.18 Å². The second-order valence-electron chi connectivity index (χ2n) is 9.90. The average molecular weight is 532 g/mol. The van der Waals surface area contributed by atoms with Crippen molar-refractivity contribution in [2.75, 3.05) is 18.0 Å². The molecule has 2 aliphatic carbocycles. The number of hydrogen-bond donors (Lipinski definition) is 1. The van der Waals surface area contributed by atoms with Crippen LogP contribution in [0, 0.1) is 17.7 Å². The minimum Gasteiger partial charge on any atom is -0.478 e. The van der Waals surface area contributed by atoms with Gasteiger partial charge in [0.25, 0.3) is 0 Å². The zero-order chi connectivity index (χ0) is 25.0. The zero-order valence-electron chi connectivity index (χ0n) is 19.3. The molecule has 6 rings (SSSR count). The summed E-state index contributed by atoms with van der Waals surface area (Å²) in [5.41, 5.74) is 1.82. The molecule has 7 nitrogen and oxygen atoms in total. The van der Waals surface area contributed by atoms with Gasteiger partial charge in [0.15, 0.2) is 0 Å². The Hall–Kier alpha value is -2.68. The van der Waals surface area contributed by atoms with Crippen molar-refractivity contribution in [3.05, 3.63) is 63.2 Å². The summed E-state index contributed by atoms with van der Waals surface area (Å²) in [6, 6.07) is 6.60. The lowest BCUT2D eigenvalue weighted by atomic mass is 10.0. The first-order valence-corrected chi connectivity index (χ1v) is 12.8. The van der Waals surface area contributed by atoms with E-state index in [1.165, 1.54) is 6.07 Å². The molecule has 10 heteroatoms. The molecular weight excluding hydrogens is 508 g/mol. The lowest BCUT2D eigenvalue weighted by molar-refractivity contribution is 0.0402. The predicted molar refractivity (Wildman–Crippen MR) is 132 cm³/mol. The van der Waals surface area contributed by atoms with Crippen LogP contribution in [0.15, 0.2) is 35.0 Å². The molecule has 1 N–H and O–H groups in total. The number of carboxylic acid groups (broad SMARTS) is 1. The Kier molecular flexibility index (Phi) is 6.14. The largest absolute Gasteiger partial charge is 0.478 e. The summed E-state index contributed by atoms with van der Waals surface area (Å²) in [5.74, 6) is 0.432. The number of ether oxygens (including phenoxy) is 1. The maximum absolute atomic E-state index is 14.1. The van der Waals surface area contributed by atoms with Crippen LogP contribution in [0.5, 0.6) is 0 Å². The van der Waals surface area contributed by atoms with E-state index >= 15 is 0 Å². The van der Waals surface area contributed by atoms with Crippen molar-refractivity contribution in [2.24, 2.45) is 11.8 Å². The Morgan fingerprint density at radius 2 is 1.89 bits per heavy atom. The molecule has 1 aromatic carbocycles. The number of fused-ring (bicyclic) bond motifs is 1. The zero-order valence-corrected chi connectivity index (χ0v) is 20.8. The number of pyridine rings is 1. The van der Waals surface area contributed by atoms with Gasteiger partial charge in [0.05, 0.1) is 22.8 Å². The standard InChI is InChI=1S/C26H24Cl2FN3O4/c27-19-2-1-3-20(28)23(19)24-18(25(36-31-24)13-4-5-13)12-35-16-6-14-10-32(11-15(14)7-16)22-8-21(29)17(9-30-22)26(33)34/h1-3,8-9,13-16H,4-7,10-12H2,(H,33,34)/t14-,15+,16?. The van der Waals surface area contributed by atoms with Gasteiger partial charge in [-0.25, -0.2) is 14.2 Å². The van der Waals surface area contributed by atoms with Crippen LogP contribution >= 0.6 is 23.2 Å². The third kappa shape index (κ3) is 4.35. The summed E-state index contributed by atoms with van der Waals surface area (Å²) in [4.78, 5) is 17.3. The second kappa shape index (κ2) is 9.32. The molecule has 36 heavy (non-hydrogen) atoms. The molecule has 2 saturated carbocycles. The van der Waals surface area contributed by atoms with Crippen molar-refractivity contribution in [3.63, 3.8) is 0 Å². The second-order valence-corrected chi connectivity index (χ2v) is 10.7. The number of aromatic nitrogens is 2. The number of benzene rings is 1. The fourth-order valence-electron chi connectivity index (χ4n) is 5.57. The maximum atomic E-state index is 14.1. The highest BCUT2D eigenvalue weighted by molar-refractivity contribution is 6.39. The Morgan fingerprint density at radius 3 is 2.50 bits per heavy atom. The first-order valence-electron chi connectivity index (χ1n) is 12.1. The highest BCUT2D eigenvalue weighted by Gasteiger charge is 2.42. The van der Waals surface area contributed by atoms with Gasteiger partial charge in [-0.15, -0.1) is 0 Å². The van der Waals surface area contributed by atoms with Gasteiger partial charge in [-0.05, 0) is 49.7 Å². The van der Waals surface area contributed by atoms with Gasteiger partial charge in [0.2, 0.25) is 0 Å². The topological polar surface area (TPSA) is 88.7 Å². The fourth-order valence-corrected chi connectivity index (χ4v) is 6.14. The van der Waals surface area contributed by atoms with Gasteiger partial charge in [-0.3, -0.25) is 0 Å². The number of halogens is 3. The van der Waals surface area contributed by atoms with Crippen molar-refractivity contribution in [1.29, 1.82) is 0 Å². The average Bonchev–Trinajstić information content (AvgIpc) is 3.30. The highest BCUT2D eigenvalue weighted by atomic mass is 35.5. The van der Waals surface area contributed by atoms with Gasteiger partial charge in [0.1, 0.15) is 28.7 Å². The number of anilines is 1. The normalized spacial score (nSPS) is 23.3. The van der Waals surface area contributed by atoms with Crippen LogP contribution in [0.25, 0.3) is 11.3 Å². The molecule has 3 heterocycles. The van der Waals surface area contributed by atoms with Crippen LogP contribution in [0.2, 0.25) is 10.0 Å². The molecule has 3 atom stereocenters. The van der Waals surface area contributed by atoms with E-state index in [2.05, 4.69) is 10.1 Å². The van der Waals surface area contributed by atoms with Crippen LogP contribution in [-0.2, 0) is 11.3 Å². The molecule has 0 spiro atoms. The Bertz CT molecular complexity index is 1290. The Balaban J connectivity index is 1.13. The number of carbonyl (C=O) groups is 1. The SMILES string of the molecule is O=C(O)c1cnc(N2C[C@H]3CC(OCc4c(-c5c(Cl)cccc5Cl)noc4C4CC4)C[C@H]3C2)cc1F. The molecule has 1 aliphatic heterocycles. The lowest BCUT2D eigenvalue weighted by Gasteiger charge is -2.21. The highest BCUT2D eigenvalue weighted by Crippen LogP contribution is 2.47. The minimum absolute atomic E-state index is 0.0951. The number of nitrogens with zero attached hydrogens (tertiary/aromatic N) is 3. The Labute approximate surface area is 217 Å². The van der Waals surface area contributed by atoms with E-state index in [1.54, 1.807) is 18.2 Å². The number of carboxylic acids is 1. The van der Waals surface area contributed by atoms with E-state index in [-0.39, 0.29) is 6.10 Å². The summed E-state index contributed by atoms with van der Waals surface area (Å²) in [7, 11) is 0. The van der Waals surface area contributed by atoms with Crippen LogP contribution in [0.1, 0.15) is 53.3 Å². The molecule has 0 radical (unpaired) electrons. The fraction of sp³-hybridized carbons (Fsp3) is 0.423. The molecule has 1 unspecified atom stereocenters. The maximum Gasteiger partial charge on any atom is 0.340 e. The van der Waals surface area contributed by atoms with E-state index in [0.717, 1.165) is 56.3 Å². The van der Waals surface area contributed by atoms with Gasteiger partial charge in [-0.1, -0.05) is 34.4 Å². The van der Waals surface area contributed by atoms with Crippen LogP contribution < -0.4 is 4.90 Å². The van der Waals surface area contributed by atoms with E-state index in [4.69, 9.17) is 37.6 Å². The molecule has 0 amide bonds. The predicted octanol–water partition coefficient (Wildman–Crippen LogP) is 6.19. The molecular formula is C26H24Cl2FN3O4. The first-order chi connectivity index (χ1) is 17.4. The lowest BCUT2D eigenvalue weighted by Crippen LogP contribution is -2.24. The summed E-state index contributed by atoms with van der Waals surface area (Å²) in [6.07, 6.45) is 5.11. The molecule has 3 aliphatic rings. The van der Waals surface area contributed by atoms with Crippen LogP contribution in [-0.4, -0.2) is 40.4 Å². The summed E-state index contributed by atoms with van der Waals surface area (Å²) in [5, 5.41) is 14.4. The monoisotopic (exact) mass is 531 g/mol. The van der Waals surface area contributed by atoms with Gasteiger partial charge < -0.3 is 19.3 Å². The van der Waals surface area contributed by atoms with E-state index in [0.29, 0.717) is 51.5 Å². The number of aromatic carboxylic acids is 1. The van der Waals surface area contributed by atoms with Gasteiger partial charge in [-0.2, -0.15) is 0 Å². The molecule has 3 fully saturated rings. The van der Waals surface area contributed by atoms with Crippen LogP contribution in [0.3, 0.4) is 0 Å². The third-order valence-electron chi connectivity index (χ3n) is 7.53. The number of hydrogen-bond acceptors (Lipinski definition) is 6. The summed E-state index contributed by atoms with van der Waals surface area (Å²) < 4.78 is 26.3. The van der Waals surface area contributed by atoms with Crippen LogP contribution in [0.4, 0.5) is 10.2 Å². The Morgan fingerprint density at radius 1 is 1.19 bits per heavy atom. The van der Waals surface area contributed by atoms with Crippen molar-refractivity contribution in [1.82, 2.24) is 10.1 Å². The smallest absolute Gasteiger partial charge is 0.340 e. The summed E-state index contributed by atoms with van der Waals surface area (Å²) in [6.45, 7) is 1.86. The van der Waals surface area contributed by atoms with Gasteiger partial charge >= 0.3 is 5.97 Å². The van der Waals surface area contributed by atoms with Crippen molar-refractivity contribution < 1.29 is 23.6 Å². The molecule has 0 bridgehead atoms. The van der Waals surface area contributed by atoms with Crippen molar-refractivity contribution >= 4 is 35.0 Å². The summed E-state index contributed by atoms with van der Waals surface area (Å²) >= 11 is 12.9. The molecule has 3 aromatic rings. The molecule has 1 saturated heterocycles. The molecule has 2 aromatic heterocycles. The van der Waals surface area contributed by atoms with Gasteiger partial charge in [0, 0.05) is 42.4 Å². The third-order valence-corrected chi connectivity index (χ3v) is 8.16. The van der Waals surface area contributed by atoms with Crippen molar-refractivity contribution in [3.8, 4) is 11.3 Å². The molecule has 188 valence electrons. The van der Waals surface area contributed by atoms with E-state index < -0.39 is 17.3 Å². The first kappa shape index (κ1) is 23.7.